The van der Waals surface area contributed by atoms with Gasteiger partial charge in [-0.2, -0.15) is 0 Å². The summed E-state index contributed by atoms with van der Waals surface area (Å²) in [7, 11) is 0. The molecule has 0 aliphatic carbocycles. The highest BCUT2D eigenvalue weighted by Crippen LogP contribution is 2.10. The van der Waals surface area contributed by atoms with Crippen molar-refractivity contribution in [2.45, 2.75) is 52.0 Å². The van der Waals surface area contributed by atoms with Gasteiger partial charge in [0.15, 0.2) is 0 Å². The van der Waals surface area contributed by atoms with Crippen LogP contribution in [0.5, 0.6) is 0 Å². The molecule has 0 fully saturated rings. The van der Waals surface area contributed by atoms with Crippen LogP contribution in [0.3, 0.4) is 0 Å². The van der Waals surface area contributed by atoms with E-state index in [1.807, 2.05) is 18.2 Å². The first kappa shape index (κ1) is 13.8. The highest BCUT2D eigenvalue weighted by Gasteiger charge is 2.03. The first-order chi connectivity index (χ1) is 9.33. The molecule has 0 bridgehead atoms. The Labute approximate surface area is 114 Å². The second-order valence-electron chi connectivity index (χ2n) is 5.01. The van der Waals surface area contributed by atoms with Crippen LogP contribution in [0, 0.1) is 0 Å². The minimum Gasteiger partial charge on any atom is -0.293 e. The summed E-state index contributed by atoms with van der Waals surface area (Å²) in [5.74, 6) is 0. The van der Waals surface area contributed by atoms with Crippen molar-refractivity contribution in [2.75, 3.05) is 0 Å². The lowest BCUT2D eigenvalue weighted by molar-refractivity contribution is 0.556. The second-order valence-corrected chi connectivity index (χ2v) is 5.01. The highest BCUT2D eigenvalue weighted by molar-refractivity contribution is 5.74. The van der Waals surface area contributed by atoms with Gasteiger partial charge in [0.25, 0.3) is 5.56 Å². The van der Waals surface area contributed by atoms with Gasteiger partial charge >= 0.3 is 0 Å². The van der Waals surface area contributed by atoms with Crippen LogP contribution < -0.4 is 5.56 Å². The van der Waals surface area contributed by atoms with Gasteiger partial charge in [0.05, 0.1) is 0 Å². The lowest BCUT2D eigenvalue weighted by Crippen LogP contribution is -2.20. The van der Waals surface area contributed by atoms with Crippen LogP contribution in [0.15, 0.2) is 35.3 Å². The molecule has 0 atom stereocenters. The van der Waals surface area contributed by atoms with Gasteiger partial charge in [-0.15, -0.1) is 0 Å². The molecule has 0 aromatic carbocycles. The monoisotopic (exact) mass is 258 g/mol. The van der Waals surface area contributed by atoms with Crippen LogP contribution in [0.25, 0.3) is 11.0 Å². The fourth-order valence-corrected chi connectivity index (χ4v) is 2.39. The molecule has 2 aromatic rings. The van der Waals surface area contributed by atoms with Crippen molar-refractivity contribution in [1.29, 1.82) is 0 Å². The molecule has 0 saturated heterocycles. The Bertz CT molecular complexity index is 574. The number of nitrogens with zero attached hydrogens (tertiary/aromatic N) is 2. The summed E-state index contributed by atoms with van der Waals surface area (Å²) >= 11 is 0. The smallest absolute Gasteiger partial charge is 0.252 e. The Morgan fingerprint density at radius 2 is 1.84 bits per heavy atom. The summed E-state index contributed by atoms with van der Waals surface area (Å²) in [5, 5.41) is 1.04. The Hall–Kier alpha value is -1.64. The van der Waals surface area contributed by atoms with E-state index in [-0.39, 0.29) is 5.56 Å². The minimum atomic E-state index is 0.0553. The van der Waals surface area contributed by atoms with Gasteiger partial charge in [-0.25, -0.2) is 4.98 Å². The van der Waals surface area contributed by atoms with E-state index in [1.54, 1.807) is 16.8 Å². The minimum absolute atomic E-state index is 0.0553. The van der Waals surface area contributed by atoms with Gasteiger partial charge in [0, 0.05) is 24.2 Å². The van der Waals surface area contributed by atoms with Gasteiger partial charge < -0.3 is 0 Å². The molecule has 3 heteroatoms. The fourth-order valence-electron chi connectivity index (χ4n) is 2.39. The van der Waals surface area contributed by atoms with E-state index in [2.05, 4.69) is 11.9 Å². The zero-order valence-electron chi connectivity index (χ0n) is 11.6. The molecule has 2 heterocycles. The van der Waals surface area contributed by atoms with Crippen LogP contribution in [-0.2, 0) is 6.54 Å². The van der Waals surface area contributed by atoms with Gasteiger partial charge in [0.2, 0.25) is 0 Å². The van der Waals surface area contributed by atoms with Crippen LogP contribution in [0.2, 0.25) is 0 Å². The Balaban J connectivity index is 2.00. The number of pyridine rings is 2. The van der Waals surface area contributed by atoms with Gasteiger partial charge in [-0.1, -0.05) is 39.0 Å². The molecule has 0 unspecified atom stereocenters. The molecule has 0 N–H and O–H groups in total. The Kier molecular flexibility index (Phi) is 5.13. The second kappa shape index (κ2) is 7.07. The maximum absolute atomic E-state index is 11.9. The van der Waals surface area contributed by atoms with Gasteiger partial charge in [-0.3, -0.25) is 9.36 Å². The molecule has 0 aliphatic rings. The molecule has 0 aliphatic heterocycles. The number of fused-ring (bicyclic) bond motifs is 1. The molecule has 3 nitrogen and oxygen atoms in total. The topological polar surface area (TPSA) is 34.9 Å². The molecule has 0 amide bonds. The first-order valence-corrected chi connectivity index (χ1v) is 7.27. The summed E-state index contributed by atoms with van der Waals surface area (Å²) < 4.78 is 1.80. The lowest BCUT2D eigenvalue weighted by atomic mass is 10.1. The van der Waals surface area contributed by atoms with Crippen molar-refractivity contribution >= 4 is 11.0 Å². The predicted octanol–water partition coefficient (Wildman–Crippen LogP) is 3.76. The number of unbranched alkanes of at least 4 members (excludes halogenated alkanes) is 5. The van der Waals surface area contributed by atoms with E-state index in [4.69, 9.17) is 0 Å². The average Bonchev–Trinajstić information content (AvgIpc) is 2.44. The van der Waals surface area contributed by atoms with Crippen LogP contribution in [-0.4, -0.2) is 9.55 Å². The van der Waals surface area contributed by atoms with Crippen LogP contribution in [0.4, 0.5) is 0 Å². The zero-order valence-corrected chi connectivity index (χ0v) is 11.6. The summed E-state index contributed by atoms with van der Waals surface area (Å²) in [4.78, 5) is 16.3. The highest BCUT2D eigenvalue weighted by atomic mass is 16.1. The average molecular weight is 258 g/mol. The number of aromatic nitrogens is 2. The van der Waals surface area contributed by atoms with Crippen molar-refractivity contribution in [3.63, 3.8) is 0 Å². The molecule has 0 saturated carbocycles. The van der Waals surface area contributed by atoms with Crippen LogP contribution in [0.1, 0.15) is 45.4 Å². The molecule has 2 aromatic heterocycles. The van der Waals surface area contributed by atoms with E-state index in [9.17, 15) is 4.79 Å². The SMILES string of the molecule is CCCCCCCCn1c(=O)ccc2cccnc21. The van der Waals surface area contributed by atoms with Crippen molar-refractivity contribution in [2.24, 2.45) is 0 Å². The number of hydrogen-bond donors (Lipinski definition) is 0. The third kappa shape index (κ3) is 3.66. The fraction of sp³-hybridized carbons (Fsp3) is 0.500. The van der Waals surface area contributed by atoms with Crippen molar-refractivity contribution in [3.05, 3.63) is 40.8 Å². The molecule has 2 rings (SSSR count). The Morgan fingerprint density at radius 3 is 2.68 bits per heavy atom. The molecule has 19 heavy (non-hydrogen) atoms. The number of rotatable bonds is 7. The molecular formula is C16H22N2O. The standard InChI is InChI=1S/C16H22N2O/c1-2-3-4-5-6-7-13-18-15(19)11-10-14-9-8-12-17-16(14)18/h8-12H,2-7,13H2,1H3. The Morgan fingerprint density at radius 1 is 1.05 bits per heavy atom. The van der Waals surface area contributed by atoms with E-state index in [0.29, 0.717) is 0 Å². The normalized spacial score (nSPS) is 11.0. The van der Waals surface area contributed by atoms with E-state index in [1.165, 1.54) is 32.1 Å². The summed E-state index contributed by atoms with van der Waals surface area (Å²) in [6, 6.07) is 7.39. The summed E-state index contributed by atoms with van der Waals surface area (Å²) in [5.41, 5.74) is 0.864. The zero-order chi connectivity index (χ0) is 13.5. The van der Waals surface area contributed by atoms with Gasteiger partial charge in [-0.05, 0) is 24.6 Å². The maximum atomic E-state index is 11.9. The summed E-state index contributed by atoms with van der Waals surface area (Å²) in [6.07, 6.45) is 9.15. The van der Waals surface area contributed by atoms with Crippen LogP contribution >= 0.6 is 0 Å². The predicted molar refractivity (Wildman–Crippen MR) is 79.4 cm³/mol. The summed E-state index contributed by atoms with van der Waals surface area (Å²) in [6.45, 7) is 3.00. The molecule has 0 spiro atoms. The van der Waals surface area contributed by atoms with Crippen molar-refractivity contribution in [3.8, 4) is 0 Å². The maximum Gasteiger partial charge on any atom is 0.252 e. The lowest BCUT2D eigenvalue weighted by Gasteiger charge is -2.08. The quantitative estimate of drug-likeness (QED) is 0.709. The first-order valence-electron chi connectivity index (χ1n) is 7.27. The van der Waals surface area contributed by atoms with E-state index in [0.717, 1.165) is 24.0 Å². The molecule has 0 radical (unpaired) electrons. The van der Waals surface area contributed by atoms with E-state index >= 15 is 0 Å². The van der Waals surface area contributed by atoms with Crippen molar-refractivity contribution < 1.29 is 0 Å². The molecular weight excluding hydrogens is 236 g/mol. The van der Waals surface area contributed by atoms with E-state index < -0.39 is 0 Å². The third-order valence-corrected chi connectivity index (χ3v) is 3.48. The number of aryl methyl sites for hydroxylation is 1. The third-order valence-electron chi connectivity index (χ3n) is 3.48. The number of hydrogen-bond acceptors (Lipinski definition) is 2. The molecule has 102 valence electrons. The van der Waals surface area contributed by atoms with Crippen molar-refractivity contribution in [1.82, 2.24) is 9.55 Å². The van der Waals surface area contributed by atoms with Gasteiger partial charge in [0.1, 0.15) is 5.65 Å². The largest absolute Gasteiger partial charge is 0.293 e.